The van der Waals surface area contributed by atoms with Crippen LogP contribution < -0.4 is 0 Å². The highest BCUT2D eigenvalue weighted by Gasteiger charge is 2.40. The molecule has 1 aliphatic carbocycles. The molecular weight excluding hydrogens is 226 g/mol. The topological polar surface area (TPSA) is 32.7 Å². The van der Waals surface area contributed by atoms with Crippen molar-refractivity contribution < 1.29 is 9.84 Å². The van der Waals surface area contributed by atoms with Gasteiger partial charge in [-0.25, -0.2) is 0 Å². The second-order valence-electron chi connectivity index (χ2n) is 5.82. The number of aliphatic hydroxyl groups excluding tert-OH is 1. The molecule has 1 N–H and O–H groups in total. The lowest BCUT2D eigenvalue weighted by Crippen LogP contribution is -2.52. The largest absolute Gasteiger partial charge is 0.396 e. The first-order valence-electron chi connectivity index (χ1n) is 6.71. The maximum absolute atomic E-state index is 9.52. The summed E-state index contributed by atoms with van der Waals surface area (Å²) in [7, 11) is 2.17. The first-order valence-corrected chi connectivity index (χ1v) is 6.71. The number of fused-ring (bicyclic) bond motifs is 1. The minimum atomic E-state index is -0.0215. The molecule has 0 aromatic heterocycles. The van der Waals surface area contributed by atoms with E-state index in [9.17, 15) is 5.11 Å². The third-order valence-corrected chi connectivity index (χ3v) is 4.37. The van der Waals surface area contributed by atoms with Crippen LogP contribution in [0.3, 0.4) is 0 Å². The van der Waals surface area contributed by atoms with Gasteiger partial charge in [-0.15, -0.1) is 0 Å². The summed E-state index contributed by atoms with van der Waals surface area (Å²) in [5.74, 6) is 0. The van der Waals surface area contributed by atoms with Gasteiger partial charge in [0.25, 0.3) is 0 Å². The van der Waals surface area contributed by atoms with Crippen LogP contribution in [-0.2, 0) is 11.2 Å². The van der Waals surface area contributed by atoms with Crippen molar-refractivity contribution in [2.24, 2.45) is 5.41 Å². The molecule has 2 aliphatic rings. The lowest BCUT2D eigenvalue weighted by molar-refractivity contribution is -0.149. The minimum Gasteiger partial charge on any atom is -0.396 e. The van der Waals surface area contributed by atoms with Crippen LogP contribution in [0.1, 0.15) is 23.6 Å². The van der Waals surface area contributed by atoms with Crippen LogP contribution in [0.4, 0.5) is 0 Å². The van der Waals surface area contributed by atoms with Gasteiger partial charge >= 0.3 is 0 Å². The van der Waals surface area contributed by atoms with Crippen molar-refractivity contribution in [1.82, 2.24) is 4.90 Å². The summed E-state index contributed by atoms with van der Waals surface area (Å²) in [6.07, 6.45) is 2.37. The van der Waals surface area contributed by atoms with Crippen molar-refractivity contribution in [3.05, 3.63) is 35.4 Å². The fourth-order valence-electron chi connectivity index (χ4n) is 3.26. The maximum Gasteiger partial charge on any atom is 0.0579 e. The Labute approximate surface area is 108 Å². The smallest absolute Gasteiger partial charge is 0.0579 e. The third kappa shape index (κ3) is 1.96. The summed E-state index contributed by atoms with van der Waals surface area (Å²) < 4.78 is 5.28. The third-order valence-electron chi connectivity index (χ3n) is 4.37. The van der Waals surface area contributed by atoms with E-state index in [4.69, 9.17) is 4.74 Å². The van der Waals surface area contributed by atoms with Gasteiger partial charge in [-0.2, -0.15) is 0 Å². The molecular formula is C15H21NO2. The monoisotopic (exact) mass is 247 g/mol. The summed E-state index contributed by atoms with van der Waals surface area (Å²) in [5, 5.41) is 9.52. The number of benzene rings is 1. The Kier molecular flexibility index (Phi) is 3.14. The first-order chi connectivity index (χ1) is 8.74. The number of hydrogen-bond donors (Lipinski definition) is 1. The highest BCUT2D eigenvalue weighted by atomic mass is 16.5. The molecule has 1 atom stereocenters. The molecule has 1 saturated heterocycles. The van der Waals surface area contributed by atoms with Gasteiger partial charge < -0.3 is 9.84 Å². The molecule has 0 bridgehead atoms. The number of aryl methyl sites for hydroxylation is 1. The van der Waals surface area contributed by atoms with Gasteiger partial charge in [-0.1, -0.05) is 24.3 Å². The number of rotatable bonds is 4. The zero-order chi connectivity index (χ0) is 12.6. The van der Waals surface area contributed by atoms with Crippen molar-refractivity contribution in [2.75, 3.05) is 33.4 Å². The van der Waals surface area contributed by atoms with Crippen LogP contribution >= 0.6 is 0 Å². The van der Waals surface area contributed by atoms with Gasteiger partial charge in [0.2, 0.25) is 0 Å². The van der Waals surface area contributed by atoms with E-state index in [1.807, 2.05) is 0 Å². The number of ether oxygens (including phenoxy) is 1. The Morgan fingerprint density at radius 1 is 1.39 bits per heavy atom. The average Bonchev–Trinajstić information content (AvgIpc) is 2.77. The molecule has 0 spiro atoms. The average molecular weight is 247 g/mol. The normalized spacial score (nSPS) is 24.9. The standard InChI is InChI=1S/C15H21NO2/c1-16(8-15(9-17)10-18-11-15)14-7-6-12-4-2-3-5-13(12)14/h2-5,14,17H,6-11H2,1H3. The second kappa shape index (κ2) is 4.65. The molecule has 1 aromatic carbocycles. The van der Waals surface area contributed by atoms with E-state index >= 15 is 0 Å². The van der Waals surface area contributed by atoms with Crippen molar-refractivity contribution in [3.8, 4) is 0 Å². The molecule has 1 aromatic rings. The van der Waals surface area contributed by atoms with Crippen LogP contribution in [0.5, 0.6) is 0 Å². The first kappa shape index (κ1) is 12.2. The Morgan fingerprint density at radius 2 is 2.17 bits per heavy atom. The van der Waals surface area contributed by atoms with Crippen LogP contribution in [0.25, 0.3) is 0 Å². The van der Waals surface area contributed by atoms with Gasteiger partial charge in [0.15, 0.2) is 0 Å². The predicted molar refractivity (Wildman–Crippen MR) is 70.5 cm³/mol. The van der Waals surface area contributed by atoms with Crippen molar-refractivity contribution >= 4 is 0 Å². The number of aliphatic hydroxyl groups is 1. The lowest BCUT2D eigenvalue weighted by atomic mass is 9.86. The van der Waals surface area contributed by atoms with Gasteiger partial charge in [-0.3, -0.25) is 4.90 Å². The molecule has 0 radical (unpaired) electrons. The molecule has 1 fully saturated rings. The molecule has 1 heterocycles. The molecule has 3 rings (SSSR count). The summed E-state index contributed by atoms with van der Waals surface area (Å²) in [6.45, 7) is 2.54. The lowest BCUT2D eigenvalue weighted by Gasteiger charge is -2.43. The predicted octanol–water partition coefficient (Wildman–Crippen LogP) is 1.61. The molecule has 0 amide bonds. The zero-order valence-electron chi connectivity index (χ0n) is 10.9. The number of nitrogens with zero attached hydrogens (tertiary/aromatic N) is 1. The highest BCUT2D eigenvalue weighted by molar-refractivity contribution is 5.34. The van der Waals surface area contributed by atoms with E-state index in [1.165, 1.54) is 24.0 Å². The van der Waals surface area contributed by atoms with E-state index in [0.717, 1.165) is 6.54 Å². The molecule has 98 valence electrons. The summed E-state index contributed by atoms with van der Waals surface area (Å²) >= 11 is 0. The van der Waals surface area contributed by atoms with Gasteiger partial charge in [0.1, 0.15) is 0 Å². The zero-order valence-corrected chi connectivity index (χ0v) is 10.9. The molecule has 3 heteroatoms. The van der Waals surface area contributed by atoms with E-state index < -0.39 is 0 Å². The number of hydrogen-bond acceptors (Lipinski definition) is 3. The van der Waals surface area contributed by atoms with E-state index in [0.29, 0.717) is 19.3 Å². The van der Waals surface area contributed by atoms with Gasteiger partial charge in [0.05, 0.1) is 25.2 Å². The van der Waals surface area contributed by atoms with Crippen LogP contribution in [-0.4, -0.2) is 43.4 Å². The Balaban J connectivity index is 1.72. The second-order valence-corrected chi connectivity index (χ2v) is 5.82. The fraction of sp³-hybridized carbons (Fsp3) is 0.600. The van der Waals surface area contributed by atoms with E-state index in [2.05, 4.69) is 36.2 Å². The molecule has 0 saturated carbocycles. The van der Waals surface area contributed by atoms with E-state index in [-0.39, 0.29) is 12.0 Å². The summed E-state index contributed by atoms with van der Waals surface area (Å²) in [5.41, 5.74) is 2.93. The molecule has 18 heavy (non-hydrogen) atoms. The molecule has 1 aliphatic heterocycles. The minimum absolute atomic E-state index is 0.0215. The molecule has 3 nitrogen and oxygen atoms in total. The van der Waals surface area contributed by atoms with Crippen LogP contribution in [0, 0.1) is 5.41 Å². The van der Waals surface area contributed by atoms with Crippen molar-refractivity contribution in [2.45, 2.75) is 18.9 Å². The fourth-order valence-corrected chi connectivity index (χ4v) is 3.26. The van der Waals surface area contributed by atoms with Crippen molar-refractivity contribution in [3.63, 3.8) is 0 Å². The molecule has 1 unspecified atom stereocenters. The Morgan fingerprint density at radius 3 is 2.83 bits per heavy atom. The van der Waals surface area contributed by atoms with E-state index in [1.54, 1.807) is 0 Å². The highest BCUT2D eigenvalue weighted by Crippen LogP contribution is 2.37. The maximum atomic E-state index is 9.52. The summed E-state index contributed by atoms with van der Waals surface area (Å²) in [4.78, 5) is 2.39. The SMILES string of the molecule is CN(CC1(CO)COC1)C1CCc2ccccc21. The van der Waals surface area contributed by atoms with Crippen molar-refractivity contribution in [1.29, 1.82) is 0 Å². The van der Waals surface area contributed by atoms with Crippen LogP contribution in [0.15, 0.2) is 24.3 Å². The quantitative estimate of drug-likeness (QED) is 0.877. The van der Waals surface area contributed by atoms with Gasteiger partial charge in [0, 0.05) is 12.6 Å². The Bertz CT molecular complexity index is 423. The van der Waals surface area contributed by atoms with Gasteiger partial charge in [-0.05, 0) is 31.0 Å². The Hall–Kier alpha value is -0.900. The van der Waals surface area contributed by atoms with Crippen LogP contribution in [0.2, 0.25) is 0 Å². The summed E-state index contributed by atoms with van der Waals surface area (Å²) in [6, 6.07) is 9.23.